The van der Waals surface area contributed by atoms with Gasteiger partial charge in [-0.2, -0.15) is 0 Å². The molecule has 0 spiro atoms. The van der Waals surface area contributed by atoms with E-state index < -0.39 is 12.2 Å². The van der Waals surface area contributed by atoms with Crippen molar-refractivity contribution in [2.45, 2.75) is 82.5 Å². The van der Waals surface area contributed by atoms with Gasteiger partial charge < -0.3 is 19.8 Å². The Morgan fingerprint density at radius 1 is 1.30 bits per heavy atom. The normalized spacial score (nSPS) is 25.8. The van der Waals surface area contributed by atoms with E-state index in [1.807, 2.05) is 12.2 Å². The SMILES string of the molecule is CCCCC[C@H](O)C=C[C@@H]1[C@H]2c3cccc(CCCC(=O)N(C)C)c3O[C@H]2C[C@H]1O. The Morgan fingerprint density at radius 2 is 2.10 bits per heavy atom. The standard InChI is InChI=1S/C25H37NO4/c1-4-5-6-11-18(27)14-15-19-21(28)16-22-24(19)20-12-7-9-17(25(20)30-22)10-8-13-23(29)26(2)3/h7,9,12,14-15,18-19,21-22,24,27-28H,4-6,8,10-11,13,16H2,1-3H3/t18-,19-,21+,22-,24-/m0/s1. The quantitative estimate of drug-likeness (QED) is 0.450. The van der Waals surface area contributed by atoms with E-state index in [4.69, 9.17) is 4.74 Å². The molecule has 5 heteroatoms. The van der Waals surface area contributed by atoms with Crippen molar-refractivity contribution in [3.05, 3.63) is 41.5 Å². The van der Waals surface area contributed by atoms with Crippen LogP contribution in [0.5, 0.6) is 5.75 Å². The first-order valence-corrected chi connectivity index (χ1v) is 11.5. The summed E-state index contributed by atoms with van der Waals surface area (Å²) in [5.41, 5.74) is 2.30. The molecule has 2 aliphatic rings. The Bertz CT molecular complexity index is 745. The lowest BCUT2D eigenvalue weighted by molar-refractivity contribution is -0.128. The van der Waals surface area contributed by atoms with E-state index in [0.717, 1.165) is 55.4 Å². The van der Waals surface area contributed by atoms with Crippen molar-refractivity contribution in [1.29, 1.82) is 0 Å². The molecular formula is C25H37NO4. The minimum Gasteiger partial charge on any atom is -0.489 e. The molecule has 1 aliphatic carbocycles. The zero-order valence-corrected chi connectivity index (χ0v) is 18.6. The van der Waals surface area contributed by atoms with Gasteiger partial charge in [0.1, 0.15) is 11.9 Å². The summed E-state index contributed by atoms with van der Waals surface area (Å²) in [5.74, 6) is 1.17. The zero-order valence-electron chi connectivity index (χ0n) is 18.6. The summed E-state index contributed by atoms with van der Waals surface area (Å²) >= 11 is 0. The van der Waals surface area contributed by atoms with Crippen LogP contribution in [0.25, 0.3) is 0 Å². The third-order valence-electron chi connectivity index (χ3n) is 6.48. The smallest absolute Gasteiger partial charge is 0.222 e. The number of unbranched alkanes of at least 4 members (excludes halogenated alkanes) is 2. The van der Waals surface area contributed by atoms with Gasteiger partial charge in [-0.05, 0) is 24.8 Å². The largest absolute Gasteiger partial charge is 0.489 e. The second-order valence-electron chi connectivity index (χ2n) is 8.99. The monoisotopic (exact) mass is 415 g/mol. The molecule has 5 nitrogen and oxygen atoms in total. The van der Waals surface area contributed by atoms with Crippen LogP contribution in [0.3, 0.4) is 0 Å². The number of para-hydroxylation sites is 1. The maximum absolute atomic E-state index is 11.9. The van der Waals surface area contributed by atoms with Gasteiger partial charge in [0, 0.05) is 44.3 Å². The molecule has 1 aliphatic heterocycles. The van der Waals surface area contributed by atoms with Crippen molar-refractivity contribution >= 4 is 5.91 Å². The van der Waals surface area contributed by atoms with E-state index in [9.17, 15) is 15.0 Å². The van der Waals surface area contributed by atoms with Gasteiger partial charge in [-0.25, -0.2) is 0 Å². The lowest BCUT2D eigenvalue weighted by Crippen LogP contribution is -2.21. The van der Waals surface area contributed by atoms with E-state index in [2.05, 4.69) is 25.1 Å². The lowest BCUT2D eigenvalue weighted by atomic mass is 9.86. The second-order valence-corrected chi connectivity index (χ2v) is 8.99. The van der Waals surface area contributed by atoms with Crippen LogP contribution in [0.15, 0.2) is 30.4 Å². The van der Waals surface area contributed by atoms with Crippen molar-refractivity contribution in [3.63, 3.8) is 0 Å². The summed E-state index contributed by atoms with van der Waals surface area (Å²) in [7, 11) is 3.57. The number of aliphatic hydroxyl groups is 2. The maximum Gasteiger partial charge on any atom is 0.222 e. The molecule has 1 heterocycles. The summed E-state index contributed by atoms with van der Waals surface area (Å²) in [6, 6.07) is 6.24. The van der Waals surface area contributed by atoms with Gasteiger partial charge in [-0.1, -0.05) is 56.5 Å². The number of fused-ring (bicyclic) bond motifs is 3. The first-order chi connectivity index (χ1) is 14.4. The molecule has 0 saturated heterocycles. The molecule has 0 radical (unpaired) electrons. The fraction of sp³-hybridized carbons (Fsp3) is 0.640. The number of hydrogen-bond acceptors (Lipinski definition) is 4. The number of carbonyl (C=O) groups excluding carboxylic acids is 1. The molecule has 1 fully saturated rings. The van der Waals surface area contributed by atoms with Crippen LogP contribution in [-0.2, 0) is 11.2 Å². The molecule has 2 N–H and O–H groups in total. The Labute approximate surface area is 180 Å². The summed E-state index contributed by atoms with van der Waals surface area (Å²) in [4.78, 5) is 13.5. The molecule has 166 valence electrons. The number of rotatable bonds is 10. The van der Waals surface area contributed by atoms with Gasteiger partial charge in [-0.3, -0.25) is 4.79 Å². The highest BCUT2D eigenvalue weighted by Gasteiger charge is 2.48. The topological polar surface area (TPSA) is 70.0 Å². The van der Waals surface area contributed by atoms with Gasteiger partial charge in [0.15, 0.2) is 0 Å². The molecule has 30 heavy (non-hydrogen) atoms. The fourth-order valence-corrected chi connectivity index (χ4v) is 4.78. The van der Waals surface area contributed by atoms with E-state index in [-0.39, 0.29) is 23.8 Å². The molecular weight excluding hydrogens is 378 g/mol. The van der Waals surface area contributed by atoms with Crippen molar-refractivity contribution < 1.29 is 19.7 Å². The van der Waals surface area contributed by atoms with Crippen LogP contribution >= 0.6 is 0 Å². The number of ether oxygens (including phenoxy) is 1. The van der Waals surface area contributed by atoms with Gasteiger partial charge in [0.2, 0.25) is 5.91 Å². The molecule has 1 aromatic carbocycles. The first-order valence-electron chi connectivity index (χ1n) is 11.5. The maximum atomic E-state index is 11.9. The van der Waals surface area contributed by atoms with E-state index in [1.54, 1.807) is 19.0 Å². The summed E-state index contributed by atoms with van der Waals surface area (Å²) in [5, 5.41) is 20.9. The van der Waals surface area contributed by atoms with E-state index in [0.29, 0.717) is 12.8 Å². The Morgan fingerprint density at radius 3 is 2.83 bits per heavy atom. The highest BCUT2D eigenvalue weighted by molar-refractivity contribution is 5.75. The number of aryl methyl sites for hydroxylation is 1. The van der Waals surface area contributed by atoms with Gasteiger partial charge >= 0.3 is 0 Å². The average molecular weight is 416 g/mol. The first kappa shape index (κ1) is 22.8. The predicted octanol–water partition coefficient (Wildman–Crippen LogP) is 3.82. The van der Waals surface area contributed by atoms with Gasteiger partial charge in [0.05, 0.1) is 12.2 Å². The van der Waals surface area contributed by atoms with Crippen LogP contribution < -0.4 is 4.74 Å². The molecule has 0 aromatic heterocycles. The molecule has 3 rings (SSSR count). The van der Waals surface area contributed by atoms with Gasteiger partial charge in [-0.15, -0.1) is 0 Å². The molecule has 1 aromatic rings. The van der Waals surface area contributed by atoms with Crippen molar-refractivity contribution in [1.82, 2.24) is 4.90 Å². The third-order valence-corrected chi connectivity index (χ3v) is 6.48. The lowest BCUT2D eigenvalue weighted by Gasteiger charge is -2.18. The van der Waals surface area contributed by atoms with Crippen LogP contribution in [0.4, 0.5) is 0 Å². The van der Waals surface area contributed by atoms with Crippen molar-refractivity contribution in [2.24, 2.45) is 5.92 Å². The number of carbonyl (C=O) groups is 1. The van der Waals surface area contributed by atoms with Gasteiger partial charge in [0.25, 0.3) is 0 Å². The minimum absolute atomic E-state index is 0.0218. The summed E-state index contributed by atoms with van der Waals surface area (Å²) in [6.07, 6.45) is 9.74. The molecule has 0 unspecified atom stereocenters. The molecule has 5 atom stereocenters. The highest BCUT2D eigenvalue weighted by Crippen LogP contribution is 2.52. The van der Waals surface area contributed by atoms with Crippen LogP contribution in [0, 0.1) is 5.92 Å². The Kier molecular flexibility index (Phi) is 7.95. The van der Waals surface area contributed by atoms with Crippen LogP contribution in [0.2, 0.25) is 0 Å². The fourth-order valence-electron chi connectivity index (χ4n) is 4.78. The number of amides is 1. The average Bonchev–Trinajstić information content (AvgIpc) is 3.21. The molecule has 1 saturated carbocycles. The number of benzene rings is 1. The second kappa shape index (κ2) is 10.5. The highest BCUT2D eigenvalue weighted by atomic mass is 16.5. The minimum atomic E-state index is -0.454. The molecule has 0 bridgehead atoms. The number of aliphatic hydroxyl groups excluding tert-OH is 2. The third kappa shape index (κ3) is 5.25. The van der Waals surface area contributed by atoms with E-state index in [1.165, 1.54) is 0 Å². The number of nitrogens with zero attached hydrogens (tertiary/aromatic N) is 1. The van der Waals surface area contributed by atoms with E-state index >= 15 is 0 Å². The predicted molar refractivity (Wildman–Crippen MR) is 119 cm³/mol. The number of hydrogen-bond donors (Lipinski definition) is 2. The summed E-state index contributed by atoms with van der Waals surface area (Å²) in [6.45, 7) is 2.16. The van der Waals surface area contributed by atoms with Crippen LogP contribution in [-0.4, -0.2) is 53.4 Å². The van der Waals surface area contributed by atoms with Crippen LogP contribution in [0.1, 0.15) is 68.9 Å². The summed E-state index contributed by atoms with van der Waals surface area (Å²) < 4.78 is 6.30. The Hall–Kier alpha value is -1.85. The zero-order chi connectivity index (χ0) is 21.7. The van der Waals surface area contributed by atoms with Crippen molar-refractivity contribution in [2.75, 3.05) is 14.1 Å². The molecule has 1 amide bonds. The van der Waals surface area contributed by atoms with Crippen molar-refractivity contribution in [3.8, 4) is 5.75 Å². The Balaban J connectivity index is 1.67.